The maximum atomic E-state index is 11.5. The molecule has 0 spiro atoms. The normalized spacial score (nSPS) is 22.1. The molecule has 1 aliphatic rings. The number of likely N-dealkylation sites (tertiary alicyclic amines) is 1. The zero-order chi connectivity index (χ0) is 9.84. The molecule has 1 saturated heterocycles. The molecule has 1 atom stereocenters. The Kier molecular flexibility index (Phi) is 3.87. The SMILES string of the molecule is CN(C)C(=O)N1CC[C@H](COS)C1. The average Bonchev–Trinajstić information content (AvgIpc) is 2.52. The molecule has 0 unspecified atom stereocenters. The Labute approximate surface area is 84.4 Å². The Morgan fingerprint density at radius 2 is 2.38 bits per heavy atom. The molecule has 0 saturated carbocycles. The highest BCUT2D eigenvalue weighted by Crippen LogP contribution is 2.17. The van der Waals surface area contributed by atoms with Crippen LogP contribution in [0.15, 0.2) is 0 Å². The third-order valence-electron chi connectivity index (χ3n) is 2.25. The molecular formula is C8H16N2O2S. The van der Waals surface area contributed by atoms with Crippen LogP contribution in [-0.4, -0.2) is 49.6 Å². The van der Waals surface area contributed by atoms with E-state index in [-0.39, 0.29) is 6.03 Å². The molecule has 1 heterocycles. The molecule has 4 nitrogen and oxygen atoms in total. The zero-order valence-electron chi connectivity index (χ0n) is 8.06. The van der Waals surface area contributed by atoms with Crippen LogP contribution in [0.5, 0.6) is 0 Å². The lowest BCUT2D eigenvalue weighted by molar-refractivity contribution is 0.178. The van der Waals surface area contributed by atoms with Crippen molar-refractivity contribution in [3.05, 3.63) is 0 Å². The number of hydrogen-bond donors (Lipinski definition) is 1. The van der Waals surface area contributed by atoms with E-state index < -0.39 is 0 Å². The maximum absolute atomic E-state index is 11.5. The molecule has 0 aliphatic carbocycles. The minimum Gasteiger partial charge on any atom is -0.331 e. The standard InChI is InChI=1S/C8H16N2O2S/c1-9(2)8(11)10-4-3-7(5-10)6-12-13/h7,13H,3-6H2,1-2H3/t7-/m0/s1. The van der Waals surface area contributed by atoms with Gasteiger partial charge in [0.1, 0.15) is 0 Å². The summed E-state index contributed by atoms with van der Waals surface area (Å²) in [5.74, 6) is 0.446. The van der Waals surface area contributed by atoms with Crippen molar-refractivity contribution in [2.45, 2.75) is 6.42 Å². The number of hydrogen-bond acceptors (Lipinski definition) is 3. The van der Waals surface area contributed by atoms with Crippen molar-refractivity contribution >= 4 is 18.9 Å². The lowest BCUT2D eigenvalue weighted by Gasteiger charge is -2.21. The van der Waals surface area contributed by atoms with Gasteiger partial charge in [0, 0.05) is 33.1 Å². The fourth-order valence-corrected chi connectivity index (χ4v) is 1.74. The molecule has 1 aliphatic heterocycles. The van der Waals surface area contributed by atoms with E-state index in [0.29, 0.717) is 12.5 Å². The van der Waals surface area contributed by atoms with Gasteiger partial charge in [-0.1, -0.05) is 0 Å². The monoisotopic (exact) mass is 204 g/mol. The second-order valence-electron chi connectivity index (χ2n) is 3.57. The number of carbonyl (C=O) groups excluding carboxylic acids is 1. The average molecular weight is 204 g/mol. The maximum Gasteiger partial charge on any atom is 0.319 e. The van der Waals surface area contributed by atoms with Gasteiger partial charge in [-0.05, 0) is 19.3 Å². The smallest absolute Gasteiger partial charge is 0.319 e. The molecule has 0 radical (unpaired) electrons. The Morgan fingerprint density at radius 3 is 2.92 bits per heavy atom. The molecule has 1 rings (SSSR count). The van der Waals surface area contributed by atoms with Crippen molar-refractivity contribution in [3.63, 3.8) is 0 Å². The molecule has 0 bridgehead atoms. The summed E-state index contributed by atoms with van der Waals surface area (Å²) >= 11 is 3.70. The summed E-state index contributed by atoms with van der Waals surface area (Å²) in [6, 6.07) is 0.0849. The van der Waals surface area contributed by atoms with Gasteiger partial charge in [-0.25, -0.2) is 4.79 Å². The quantitative estimate of drug-likeness (QED) is 0.534. The first-order valence-electron chi connectivity index (χ1n) is 4.37. The van der Waals surface area contributed by atoms with E-state index in [1.807, 2.05) is 4.90 Å². The van der Waals surface area contributed by atoms with Crippen LogP contribution >= 0.6 is 12.9 Å². The number of nitrogens with zero attached hydrogens (tertiary/aromatic N) is 2. The van der Waals surface area contributed by atoms with Gasteiger partial charge in [-0.3, -0.25) is 0 Å². The van der Waals surface area contributed by atoms with E-state index in [9.17, 15) is 4.79 Å². The predicted octanol–water partition coefficient (Wildman–Crippen LogP) is 0.851. The highest BCUT2D eigenvalue weighted by atomic mass is 32.1. The van der Waals surface area contributed by atoms with Crippen LogP contribution in [0.1, 0.15) is 6.42 Å². The van der Waals surface area contributed by atoms with E-state index >= 15 is 0 Å². The van der Waals surface area contributed by atoms with Crippen molar-refractivity contribution in [2.24, 2.45) is 5.92 Å². The fourth-order valence-electron chi connectivity index (χ4n) is 1.53. The summed E-state index contributed by atoms with van der Waals surface area (Å²) < 4.78 is 4.76. The van der Waals surface area contributed by atoms with Gasteiger partial charge in [0.25, 0.3) is 0 Å². The summed E-state index contributed by atoms with van der Waals surface area (Å²) in [6.07, 6.45) is 1.01. The molecule has 13 heavy (non-hydrogen) atoms. The van der Waals surface area contributed by atoms with Gasteiger partial charge in [0.15, 0.2) is 0 Å². The lowest BCUT2D eigenvalue weighted by atomic mass is 10.1. The van der Waals surface area contributed by atoms with Crippen LogP contribution < -0.4 is 0 Å². The van der Waals surface area contributed by atoms with Gasteiger partial charge in [0.05, 0.1) is 6.61 Å². The van der Waals surface area contributed by atoms with Crippen molar-refractivity contribution < 1.29 is 8.98 Å². The van der Waals surface area contributed by atoms with E-state index in [1.165, 1.54) is 0 Å². The van der Waals surface area contributed by atoms with Gasteiger partial charge in [-0.15, -0.1) is 0 Å². The Hall–Kier alpha value is -0.420. The number of amides is 2. The topological polar surface area (TPSA) is 32.8 Å². The second-order valence-corrected chi connectivity index (χ2v) is 3.83. The summed E-state index contributed by atoms with van der Waals surface area (Å²) in [5.41, 5.74) is 0. The molecule has 1 fully saturated rings. The highest BCUT2D eigenvalue weighted by Gasteiger charge is 2.26. The summed E-state index contributed by atoms with van der Waals surface area (Å²) in [7, 11) is 3.54. The first kappa shape index (κ1) is 10.7. The van der Waals surface area contributed by atoms with Gasteiger partial charge in [0.2, 0.25) is 0 Å². The van der Waals surface area contributed by atoms with Crippen LogP contribution in [0.3, 0.4) is 0 Å². The van der Waals surface area contributed by atoms with Crippen LogP contribution in [0.4, 0.5) is 4.79 Å². The fraction of sp³-hybridized carbons (Fsp3) is 0.875. The molecule has 0 N–H and O–H groups in total. The molecule has 76 valence electrons. The third-order valence-corrected chi connectivity index (χ3v) is 2.40. The molecule has 5 heteroatoms. The number of carbonyl (C=O) groups is 1. The first-order valence-corrected chi connectivity index (χ1v) is 4.74. The highest BCUT2D eigenvalue weighted by molar-refractivity contribution is 7.75. The van der Waals surface area contributed by atoms with Crippen LogP contribution in [0.25, 0.3) is 0 Å². The Balaban J connectivity index is 2.36. The molecule has 0 aromatic heterocycles. The lowest BCUT2D eigenvalue weighted by Crippen LogP contribution is -2.37. The van der Waals surface area contributed by atoms with Crippen LogP contribution in [-0.2, 0) is 4.18 Å². The molecule has 0 aromatic rings. The minimum atomic E-state index is 0.0849. The zero-order valence-corrected chi connectivity index (χ0v) is 8.96. The van der Waals surface area contributed by atoms with E-state index in [0.717, 1.165) is 19.5 Å². The van der Waals surface area contributed by atoms with Crippen LogP contribution in [0.2, 0.25) is 0 Å². The predicted molar refractivity (Wildman–Crippen MR) is 53.7 cm³/mol. The molecule has 0 aromatic carbocycles. The van der Waals surface area contributed by atoms with Crippen molar-refractivity contribution in [2.75, 3.05) is 33.8 Å². The van der Waals surface area contributed by atoms with Gasteiger partial charge >= 0.3 is 6.03 Å². The van der Waals surface area contributed by atoms with Gasteiger partial charge in [-0.2, -0.15) is 0 Å². The van der Waals surface area contributed by atoms with Crippen molar-refractivity contribution in [1.82, 2.24) is 9.80 Å². The Bertz CT molecular complexity index is 187. The van der Waals surface area contributed by atoms with Crippen LogP contribution in [0, 0.1) is 5.92 Å². The van der Waals surface area contributed by atoms with Crippen molar-refractivity contribution in [1.29, 1.82) is 0 Å². The molecular weight excluding hydrogens is 188 g/mol. The van der Waals surface area contributed by atoms with E-state index in [1.54, 1.807) is 19.0 Å². The van der Waals surface area contributed by atoms with Gasteiger partial charge < -0.3 is 14.0 Å². The van der Waals surface area contributed by atoms with Crippen molar-refractivity contribution in [3.8, 4) is 0 Å². The summed E-state index contributed by atoms with van der Waals surface area (Å²) in [5, 5.41) is 0. The largest absolute Gasteiger partial charge is 0.331 e. The number of rotatable bonds is 2. The Morgan fingerprint density at radius 1 is 1.69 bits per heavy atom. The number of urea groups is 1. The molecule has 2 amide bonds. The first-order chi connectivity index (χ1) is 6.15. The summed E-state index contributed by atoms with van der Waals surface area (Å²) in [4.78, 5) is 14.9. The number of thiol groups is 1. The minimum absolute atomic E-state index is 0.0849. The summed E-state index contributed by atoms with van der Waals surface area (Å²) in [6.45, 7) is 2.25. The second kappa shape index (κ2) is 4.72. The van der Waals surface area contributed by atoms with E-state index in [4.69, 9.17) is 4.18 Å². The third kappa shape index (κ3) is 2.77. The van der Waals surface area contributed by atoms with E-state index in [2.05, 4.69) is 12.9 Å².